The van der Waals surface area contributed by atoms with Gasteiger partial charge in [-0.3, -0.25) is 0 Å². The lowest BCUT2D eigenvalue weighted by molar-refractivity contribution is 0.0599. The van der Waals surface area contributed by atoms with Gasteiger partial charge in [-0.1, -0.05) is 6.92 Å². The zero-order valence-corrected chi connectivity index (χ0v) is 8.76. The Hall–Kier alpha value is -1.51. The van der Waals surface area contributed by atoms with Gasteiger partial charge in [0.15, 0.2) is 0 Å². The summed E-state index contributed by atoms with van der Waals surface area (Å²) in [6, 6.07) is 3.61. The number of carbonyl (C=O) groups is 1. The van der Waals surface area contributed by atoms with Crippen molar-refractivity contribution in [1.29, 1.82) is 0 Å². The Morgan fingerprint density at radius 1 is 1.50 bits per heavy atom. The summed E-state index contributed by atoms with van der Waals surface area (Å²) in [5.41, 5.74) is 8.92. The Balaban J connectivity index is 3.27. The number of hydrogen-bond acceptors (Lipinski definition) is 3. The molecular formula is C11H15NO2. The summed E-state index contributed by atoms with van der Waals surface area (Å²) in [7, 11) is 1.38. The first-order valence-electron chi connectivity index (χ1n) is 4.57. The molecule has 0 aromatic heterocycles. The molecule has 3 nitrogen and oxygen atoms in total. The Morgan fingerprint density at radius 2 is 2.14 bits per heavy atom. The lowest BCUT2D eigenvalue weighted by Crippen LogP contribution is -2.07. The van der Waals surface area contributed by atoms with E-state index in [1.165, 1.54) is 7.11 Å². The highest BCUT2D eigenvalue weighted by Gasteiger charge is 2.12. The van der Waals surface area contributed by atoms with Gasteiger partial charge in [-0.15, -0.1) is 0 Å². The molecule has 2 N–H and O–H groups in total. The molecule has 1 aromatic rings. The molecule has 0 aliphatic rings. The second-order valence-corrected chi connectivity index (χ2v) is 3.21. The predicted molar refractivity (Wildman–Crippen MR) is 56.3 cm³/mol. The van der Waals surface area contributed by atoms with E-state index in [1.54, 1.807) is 6.07 Å². The van der Waals surface area contributed by atoms with Crippen LogP contribution in [0, 0.1) is 6.92 Å². The Kier molecular flexibility index (Phi) is 3.12. The average Bonchev–Trinajstić information content (AvgIpc) is 2.20. The van der Waals surface area contributed by atoms with Gasteiger partial charge in [-0.05, 0) is 36.6 Å². The molecule has 76 valence electrons. The number of nitrogen functional groups attached to an aromatic ring is 1. The molecule has 0 saturated heterocycles. The number of anilines is 1. The molecule has 0 spiro atoms. The number of nitrogens with two attached hydrogens (primary N) is 1. The van der Waals surface area contributed by atoms with Crippen molar-refractivity contribution in [2.45, 2.75) is 20.3 Å². The van der Waals surface area contributed by atoms with Crippen LogP contribution in [0.3, 0.4) is 0 Å². The summed E-state index contributed by atoms with van der Waals surface area (Å²) in [6.07, 6.45) is 0.773. The minimum absolute atomic E-state index is 0.301. The van der Waals surface area contributed by atoms with Crippen LogP contribution in [-0.2, 0) is 11.2 Å². The van der Waals surface area contributed by atoms with Gasteiger partial charge in [0.1, 0.15) is 0 Å². The fraction of sp³-hybridized carbons (Fsp3) is 0.364. The van der Waals surface area contributed by atoms with E-state index in [4.69, 9.17) is 10.5 Å². The molecule has 1 rings (SSSR count). The van der Waals surface area contributed by atoms with Crippen molar-refractivity contribution < 1.29 is 9.53 Å². The maximum Gasteiger partial charge on any atom is 0.338 e. The first kappa shape index (κ1) is 10.6. The molecule has 0 unspecified atom stereocenters. The average molecular weight is 193 g/mol. The van der Waals surface area contributed by atoms with Crippen LogP contribution >= 0.6 is 0 Å². The van der Waals surface area contributed by atoms with Crippen LogP contribution in [0.4, 0.5) is 5.69 Å². The lowest BCUT2D eigenvalue weighted by Gasteiger charge is -2.09. The number of methoxy groups -OCH3 is 1. The fourth-order valence-corrected chi connectivity index (χ4v) is 1.36. The molecule has 0 bridgehead atoms. The van der Waals surface area contributed by atoms with E-state index in [0.717, 1.165) is 23.2 Å². The first-order valence-corrected chi connectivity index (χ1v) is 4.57. The summed E-state index contributed by atoms with van der Waals surface area (Å²) in [6.45, 7) is 3.86. The van der Waals surface area contributed by atoms with E-state index in [-0.39, 0.29) is 5.97 Å². The zero-order valence-electron chi connectivity index (χ0n) is 8.76. The highest BCUT2D eigenvalue weighted by molar-refractivity contribution is 5.92. The molecule has 0 aliphatic heterocycles. The van der Waals surface area contributed by atoms with E-state index < -0.39 is 0 Å². The third kappa shape index (κ3) is 1.87. The Bertz CT molecular complexity index is 359. The number of hydrogen-bond donors (Lipinski definition) is 1. The quantitative estimate of drug-likeness (QED) is 0.576. The summed E-state index contributed by atoms with van der Waals surface area (Å²) in [5.74, 6) is -0.301. The van der Waals surface area contributed by atoms with Gasteiger partial charge in [0.05, 0.1) is 12.7 Å². The van der Waals surface area contributed by atoms with Crippen molar-refractivity contribution in [2.75, 3.05) is 12.8 Å². The van der Waals surface area contributed by atoms with Gasteiger partial charge in [0.25, 0.3) is 0 Å². The highest BCUT2D eigenvalue weighted by Crippen LogP contribution is 2.19. The predicted octanol–water partition coefficient (Wildman–Crippen LogP) is 1.93. The van der Waals surface area contributed by atoms with E-state index >= 15 is 0 Å². The number of benzene rings is 1. The summed E-state index contributed by atoms with van der Waals surface area (Å²) >= 11 is 0. The Labute approximate surface area is 83.9 Å². The molecule has 0 fully saturated rings. The first-order chi connectivity index (χ1) is 6.60. The van der Waals surface area contributed by atoms with Crippen molar-refractivity contribution in [2.24, 2.45) is 0 Å². The highest BCUT2D eigenvalue weighted by atomic mass is 16.5. The maximum absolute atomic E-state index is 11.4. The van der Waals surface area contributed by atoms with Crippen LogP contribution in [0.5, 0.6) is 0 Å². The van der Waals surface area contributed by atoms with Gasteiger partial charge >= 0.3 is 5.97 Å². The molecule has 0 heterocycles. The number of esters is 1. The van der Waals surface area contributed by atoms with Crippen LogP contribution in [0.25, 0.3) is 0 Å². The largest absolute Gasteiger partial charge is 0.465 e. The van der Waals surface area contributed by atoms with E-state index in [1.807, 2.05) is 19.9 Å². The van der Waals surface area contributed by atoms with Crippen molar-refractivity contribution >= 4 is 11.7 Å². The molecule has 0 atom stereocenters. The monoisotopic (exact) mass is 193 g/mol. The maximum atomic E-state index is 11.4. The Morgan fingerprint density at radius 3 is 2.64 bits per heavy atom. The molecule has 14 heavy (non-hydrogen) atoms. The third-order valence-electron chi connectivity index (χ3n) is 2.28. The van der Waals surface area contributed by atoms with E-state index in [9.17, 15) is 4.79 Å². The molecule has 0 amide bonds. The number of carbonyl (C=O) groups excluding carboxylic acids is 1. The molecule has 0 saturated carbocycles. The molecular weight excluding hydrogens is 178 g/mol. The van der Waals surface area contributed by atoms with Crippen LogP contribution in [0.1, 0.15) is 28.4 Å². The molecule has 3 heteroatoms. The standard InChI is InChI=1S/C11H15NO2/c1-4-8-6-10(12)7(2)5-9(8)11(13)14-3/h5-6H,4,12H2,1-3H3. The van der Waals surface area contributed by atoms with Crippen molar-refractivity contribution in [3.63, 3.8) is 0 Å². The van der Waals surface area contributed by atoms with Gasteiger partial charge in [0, 0.05) is 5.69 Å². The van der Waals surface area contributed by atoms with Crippen molar-refractivity contribution in [1.82, 2.24) is 0 Å². The van der Waals surface area contributed by atoms with Gasteiger partial charge in [-0.25, -0.2) is 4.79 Å². The molecule has 0 aliphatic carbocycles. The number of ether oxygens (including phenoxy) is 1. The van der Waals surface area contributed by atoms with Crippen LogP contribution in [0.2, 0.25) is 0 Å². The second-order valence-electron chi connectivity index (χ2n) is 3.21. The van der Waals surface area contributed by atoms with Gasteiger partial charge in [-0.2, -0.15) is 0 Å². The lowest BCUT2D eigenvalue weighted by atomic mass is 10.0. The molecule has 0 radical (unpaired) electrons. The summed E-state index contributed by atoms with van der Waals surface area (Å²) in [4.78, 5) is 11.4. The third-order valence-corrected chi connectivity index (χ3v) is 2.28. The fourth-order valence-electron chi connectivity index (χ4n) is 1.36. The smallest absolute Gasteiger partial charge is 0.338 e. The topological polar surface area (TPSA) is 52.3 Å². The van der Waals surface area contributed by atoms with Gasteiger partial charge < -0.3 is 10.5 Å². The van der Waals surface area contributed by atoms with Crippen LogP contribution in [0.15, 0.2) is 12.1 Å². The normalized spacial score (nSPS) is 9.93. The number of aryl methyl sites for hydroxylation is 2. The van der Waals surface area contributed by atoms with E-state index in [0.29, 0.717) is 5.56 Å². The van der Waals surface area contributed by atoms with Gasteiger partial charge in [0.2, 0.25) is 0 Å². The van der Waals surface area contributed by atoms with E-state index in [2.05, 4.69) is 0 Å². The minimum atomic E-state index is -0.301. The minimum Gasteiger partial charge on any atom is -0.465 e. The summed E-state index contributed by atoms with van der Waals surface area (Å²) < 4.78 is 4.69. The van der Waals surface area contributed by atoms with Crippen molar-refractivity contribution in [3.8, 4) is 0 Å². The van der Waals surface area contributed by atoms with Crippen LogP contribution < -0.4 is 5.73 Å². The second kappa shape index (κ2) is 4.13. The zero-order chi connectivity index (χ0) is 10.7. The van der Waals surface area contributed by atoms with Crippen LogP contribution in [-0.4, -0.2) is 13.1 Å². The van der Waals surface area contributed by atoms with Crippen molar-refractivity contribution in [3.05, 3.63) is 28.8 Å². The molecule has 1 aromatic carbocycles. The SMILES string of the molecule is CCc1cc(N)c(C)cc1C(=O)OC. The number of rotatable bonds is 2. The summed E-state index contributed by atoms with van der Waals surface area (Å²) in [5, 5.41) is 0.